The summed E-state index contributed by atoms with van der Waals surface area (Å²) in [5.74, 6) is 2.30. The second kappa shape index (κ2) is 11.2. The quantitative estimate of drug-likeness (QED) is 0.377. The van der Waals surface area contributed by atoms with Crippen molar-refractivity contribution in [1.82, 2.24) is 29.4 Å². The Morgan fingerprint density at radius 3 is 2.57 bits per heavy atom. The molecule has 3 aromatic rings. The molecular weight excluding hydrogens is 442 g/mol. The Bertz CT molecular complexity index is 1090. The molecule has 4 heterocycles. The summed E-state index contributed by atoms with van der Waals surface area (Å²) in [5, 5.41) is 15.8. The number of rotatable bonds is 10. The monoisotopic (exact) mass is 479 g/mol. The van der Waals surface area contributed by atoms with Crippen LogP contribution in [0.3, 0.4) is 0 Å². The molecule has 188 valence electrons. The molecule has 0 unspecified atom stereocenters. The van der Waals surface area contributed by atoms with Crippen LogP contribution in [0.15, 0.2) is 24.7 Å². The molecular formula is C25H37N9O. The molecule has 35 heavy (non-hydrogen) atoms. The van der Waals surface area contributed by atoms with E-state index < -0.39 is 0 Å². The summed E-state index contributed by atoms with van der Waals surface area (Å²) in [4.78, 5) is 23.7. The van der Waals surface area contributed by atoms with Crippen molar-refractivity contribution < 1.29 is 5.11 Å². The highest BCUT2D eigenvalue weighted by Crippen LogP contribution is 2.33. The van der Waals surface area contributed by atoms with E-state index in [9.17, 15) is 0 Å². The number of imidazole rings is 1. The van der Waals surface area contributed by atoms with Gasteiger partial charge in [0.05, 0.1) is 18.2 Å². The van der Waals surface area contributed by atoms with Gasteiger partial charge < -0.3 is 30.1 Å². The van der Waals surface area contributed by atoms with Crippen LogP contribution < -0.4 is 15.5 Å². The Morgan fingerprint density at radius 2 is 1.83 bits per heavy atom. The first kappa shape index (κ1) is 23.7. The zero-order valence-electron chi connectivity index (χ0n) is 20.7. The number of aliphatic hydroxyl groups excluding tert-OH is 1. The highest BCUT2D eigenvalue weighted by molar-refractivity contribution is 5.86. The van der Waals surface area contributed by atoms with E-state index in [0.29, 0.717) is 17.8 Å². The maximum Gasteiger partial charge on any atom is 0.226 e. The number of hydrogen-bond donors (Lipinski definition) is 3. The Morgan fingerprint density at radius 1 is 1.00 bits per heavy atom. The van der Waals surface area contributed by atoms with E-state index in [1.807, 2.05) is 12.5 Å². The fourth-order valence-corrected chi connectivity index (χ4v) is 4.97. The molecule has 0 atom stereocenters. The molecule has 3 N–H and O–H groups in total. The van der Waals surface area contributed by atoms with Gasteiger partial charge in [-0.1, -0.05) is 12.8 Å². The standard InChI is InChI=1S/C25H37N9O/c1-32-12-14-33(15-13-32)21-10-9-19(17-27-21)29-23-22-24(34(18-28-22)20-7-3-4-8-20)31-25(30-23)26-11-5-2-6-16-35/h9-10,17-18,20,35H,2-8,11-16H2,1H3,(H2,26,29,30,31). The molecule has 10 nitrogen and oxygen atoms in total. The second-order valence-electron chi connectivity index (χ2n) is 9.69. The van der Waals surface area contributed by atoms with E-state index >= 15 is 0 Å². The van der Waals surface area contributed by atoms with Crippen molar-refractivity contribution in [2.75, 3.05) is 61.9 Å². The van der Waals surface area contributed by atoms with Gasteiger partial charge in [0, 0.05) is 45.4 Å². The zero-order valence-corrected chi connectivity index (χ0v) is 20.7. The number of nitrogens with zero attached hydrogens (tertiary/aromatic N) is 7. The maximum absolute atomic E-state index is 9.02. The maximum atomic E-state index is 9.02. The van der Waals surface area contributed by atoms with Gasteiger partial charge in [-0.2, -0.15) is 9.97 Å². The summed E-state index contributed by atoms with van der Waals surface area (Å²) in [6, 6.07) is 4.58. The smallest absolute Gasteiger partial charge is 0.226 e. The van der Waals surface area contributed by atoms with Gasteiger partial charge in [-0.05, 0) is 51.3 Å². The predicted octanol–water partition coefficient (Wildman–Crippen LogP) is 3.41. The molecule has 0 aromatic carbocycles. The molecule has 0 bridgehead atoms. The summed E-state index contributed by atoms with van der Waals surface area (Å²) in [5.41, 5.74) is 2.53. The van der Waals surface area contributed by atoms with E-state index in [-0.39, 0.29) is 6.61 Å². The van der Waals surface area contributed by atoms with E-state index in [1.54, 1.807) is 0 Å². The van der Waals surface area contributed by atoms with Crippen LogP contribution in [0.4, 0.5) is 23.3 Å². The van der Waals surface area contributed by atoms with Crippen LogP contribution in [0.5, 0.6) is 0 Å². The van der Waals surface area contributed by atoms with Crippen molar-refractivity contribution in [2.24, 2.45) is 0 Å². The number of piperazine rings is 1. The van der Waals surface area contributed by atoms with Crippen LogP contribution in [-0.2, 0) is 0 Å². The van der Waals surface area contributed by atoms with Crippen LogP contribution in [0.1, 0.15) is 51.0 Å². The average molecular weight is 480 g/mol. The number of likely N-dealkylation sites (N-methyl/N-ethyl adjacent to an activating group) is 1. The number of anilines is 4. The van der Waals surface area contributed by atoms with Crippen LogP contribution in [0.25, 0.3) is 11.2 Å². The van der Waals surface area contributed by atoms with Gasteiger partial charge in [0.25, 0.3) is 0 Å². The first-order chi connectivity index (χ1) is 17.2. The number of fused-ring (bicyclic) bond motifs is 1. The largest absolute Gasteiger partial charge is 0.396 e. The Hall–Kier alpha value is -2.98. The van der Waals surface area contributed by atoms with Crippen molar-refractivity contribution in [1.29, 1.82) is 0 Å². The lowest BCUT2D eigenvalue weighted by molar-refractivity contribution is 0.283. The molecule has 2 aliphatic rings. The van der Waals surface area contributed by atoms with E-state index in [1.165, 1.54) is 25.7 Å². The van der Waals surface area contributed by atoms with E-state index in [0.717, 1.165) is 74.7 Å². The van der Waals surface area contributed by atoms with Crippen molar-refractivity contribution in [2.45, 2.75) is 51.0 Å². The van der Waals surface area contributed by atoms with E-state index in [2.05, 4.69) is 44.2 Å². The van der Waals surface area contributed by atoms with Crippen LogP contribution in [-0.4, -0.2) is 80.9 Å². The summed E-state index contributed by atoms with van der Waals surface area (Å²) in [7, 11) is 2.16. The molecule has 10 heteroatoms. The minimum atomic E-state index is 0.235. The minimum absolute atomic E-state index is 0.235. The van der Waals surface area contributed by atoms with Crippen LogP contribution in [0.2, 0.25) is 0 Å². The summed E-state index contributed by atoms with van der Waals surface area (Å²) in [6.45, 7) is 5.10. The SMILES string of the molecule is CN1CCN(c2ccc(Nc3nc(NCCCCCO)nc4c3ncn4C3CCCC3)cn2)CC1. The molecule has 5 rings (SSSR count). The third-order valence-corrected chi connectivity index (χ3v) is 7.10. The summed E-state index contributed by atoms with van der Waals surface area (Å²) < 4.78 is 2.22. The molecule has 1 aliphatic heterocycles. The normalized spacial score (nSPS) is 17.4. The average Bonchev–Trinajstić information content (AvgIpc) is 3.55. The van der Waals surface area contributed by atoms with Gasteiger partial charge in [0.2, 0.25) is 5.95 Å². The lowest BCUT2D eigenvalue weighted by atomic mass is 10.2. The molecule has 1 saturated heterocycles. The lowest BCUT2D eigenvalue weighted by Gasteiger charge is -2.33. The molecule has 0 spiro atoms. The second-order valence-corrected chi connectivity index (χ2v) is 9.69. The Labute approximate surface area is 206 Å². The number of nitrogens with one attached hydrogen (secondary N) is 2. The Kier molecular flexibility index (Phi) is 7.58. The highest BCUT2D eigenvalue weighted by atomic mass is 16.2. The Balaban J connectivity index is 1.36. The minimum Gasteiger partial charge on any atom is -0.396 e. The molecule has 1 saturated carbocycles. The first-order valence-electron chi connectivity index (χ1n) is 13.0. The van der Waals surface area contributed by atoms with Gasteiger partial charge in [-0.25, -0.2) is 9.97 Å². The van der Waals surface area contributed by atoms with Crippen molar-refractivity contribution in [3.63, 3.8) is 0 Å². The van der Waals surface area contributed by atoms with Crippen molar-refractivity contribution in [3.05, 3.63) is 24.7 Å². The van der Waals surface area contributed by atoms with Crippen LogP contribution in [0, 0.1) is 0 Å². The van der Waals surface area contributed by atoms with E-state index in [4.69, 9.17) is 25.0 Å². The third-order valence-electron chi connectivity index (χ3n) is 7.10. The third kappa shape index (κ3) is 5.65. The molecule has 1 aliphatic carbocycles. The van der Waals surface area contributed by atoms with Crippen LogP contribution >= 0.6 is 0 Å². The summed E-state index contributed by atoms with van der Waals surface area (Å²) in [6.07, 6.45) is 11.4. The molecule has 0 radical (unpaired) electrons. The fraction of sp³-hybridized carbons (Fsp3) is 0.600. The number of unbranched alkanes of at least 4 members (excludes halogenated alkanes) is 2. The zero-order chi connectivity index (χ0) is 24.0. The van der Waals surface area contributed by atoms with Gasteiger partial charge in [-0.15, -0.1) is 0 Å². The van der Waals surface area contributed by atoms with Crippen molar-refractivity contribution >= 4 is 34.4 Å². The van der Waals surface area contributed by atoms with Gasteiger partial charge in [0.15, 0.2) is 17.0 Å². The number of pyridine rings is 1. The fourth-order valence-electron chi connectivity index (χ4n) is 4.97. The highest BCUT2D eigenvalue weighted by Gasteiger charge is 2.22. The number of aliphatic hydroxyl groups is 1. The van der Waals surface area contributed by atoms with Gasteiger partial charge in [-0.3, -0.25) is 0 Å². The molecule has 2 fully saturated rings. The van der Waals surface area contributed by atoms with Gasteiger partial charge >= 0.3 is 0 Å². The topological polar surface area (TPSA) is 107 Å². The first-order valence-corrected chi connectivity index (χ1v) is 13.0. The van der Waals surface area contributed by atoms with Gasteiger partial charge in [0.1, 0.15) is 5.82 Å². The molecule has 0 amide bonds. The number of aromatic nitrogens is 5. The summed E-state index contributed by atoms with van der Waals surface area (Å²) >= 11 is 0. The van der Waals surface area contributed by atoms with Crippen molar-refractivity contribution in [3.8, 4) is 0 Å². The molecule has 3 aromatic heterocycles. The predicted molar refractivity (Wildman–Crippen MR) is 139 cm³/mol. The lowest BCUT2D eigenvalue weighted by Crippen LogP contribution is -2.44. The number of hydrogen-bond acceptors (Lipinski definition) is 9.